The number of carbonyl (C=O) groups is 2. The largest absolute Gasteiger partial charge is 0.476 e. The molecule has 0 saturated heterocycles. The van der Waals surface area contributed by atoms with E-state index < -0.39 is 5.97 Å². The van der Waals surface area contributed by atoms with E-state index in [1.54, 1.807) is 0 Å². The van der Waals surface area contributed by atoms with Gasteiger partial charge in [-0.3, -0.25) is 4.79 Å². The standard InChI is InChI=1S/C21H20N2O4/c1-14(24)11-18(22-21-23-19(13-27-21)20(25)26)12-15-7-9-17(10-8-15)16-5-3-2-4-6-16/h2-10,13,18H,11-12H2,1H3,(H,22,23)(H,25,26)/t18-/m0/s1. The molecule has 6 nitrogen and oxygen atoms in total. The van der Waals surface area contributed by atoms with Crippen molar-refractivity contribution in [1.82, 2.24) is 4.98 Å². The third-order valence-electron chi connectivity index (χ3n) is 4.13. The van der Waals surface area contributed by atoms with Crippen LogP contribution in [0, 0.1) is 0 Å². The smallest absolute Gasteiger partial charge is 0.357 e. The van der Waals surface area contributed by atoms with Crippen molar-refractivity contribution >= 4 is 17.8 Å². The number of nitrogens with zero attached hydrogens (tertiary/aromatic N) is 1. The fourth-order valence-corrected chi connectivity index (χ4v) is 2.88. The third-order valence-corrected chi connectivity index (χ3v) is 4.13. The van der Waals surface area contributed by atoms with E-state index in [4.69, 9.17) is 9.52 Å². The molecule has 0 aliphatic rings. The van der Waals surface area contributed by atoms with Gasteiger partial charge >= 0.3 is 5.97 Å². The first-order valence-electron chi connectivity index (χ1n) is 8.60. The molecule has 138 valence electrons. The molecule has 0 aliphatic heterocycles. The maximum absolute atomic E-state index is 11.6. The molecule has 0 saturated carbocycles. The van der Waals surface area contributed by atoms with Gasteiger partial charge < -0.3 is 14.8 Å². The van der Waals surface area contributed by atoms with E-state index >= 15 is 0 Å². The molecule has 2 N–H and O–H groups in total. The molecule has 0 amide bonds. The van der Waals surface area contributed by atoms with Gasteiger partial charge in [-0.2, -0.15) is 4.98 Å². The first-order valence-corrected chi connectivity index (χ1v) is 8.60. The van der Waals surface area contributed by atoms with Gasteiger partial charge in [-0.1, -0.05) is 54.6 Å². The predicted molar refractivity (Wildman–Crippen MR) is 102 cm³/mol. The Kier molecular flexibility index (Phi) is 5.66. The molecule has 0 radical (unpaired) electrons. The summed E-state index contributed by atoms with van der Waals surface area (Å²) in [4.78, 5) is 26.4. The van der Waals surface area contributed by atoms with Gasteiger partial charge in [0, 0.05) is 12.5 Å². The van der Waals surface area contributed by atoms with E-state index in [-0.39, 0.29) is 30.0 Å². The van der Waals surface area contributed by atoms with Crippen molar-refractivity contribution in [3.63, 3.8) is 0 Å². The molecule has 1 aromatic heterocycles. The van der Waals surface area contributed by atoms with Gasteiger partial charge in [0.25, 0.3) is 6.01 Å². The van der Waals surface area contributed by atoms with Crippen molar-refractivity contribution in [3.8, 4) is 11.1 Å². The molecule has 0 unspecified atom stereocenters. The second-order valence-corrected chi connectivity index (χ2v) is 6.36. The van der Waals surface area contributed by atoms with Crippen LogP contribution in [-0.2, 0) is 11.2 Å². The van der Waals surface area contributed by atoms with Crippen LogP contribution in [0.1, 0.15) is 29.4 Å². The highest BCUT2D eigenvalue weighted by molar-refractivity contribution is 5.85. The molecule has 0 fully saturated rings. The van der Waals surface area contributed by atoms with Crippen LogP contribution < -0.4 is 5.32 Å². The van der Waals surface area contributed by atoms with Gasteiger partial charge in [-0.05, 0) is 30.0 Å². The second-order valence-electron chi connectivity index (χ2n) is 6.36. The lowest BCUT2D eigenvalue weighted by Crippen LogP contribution is -2.25. The molecule has 6 heteroatoms. The number of aromatic carboxylic acids is 1. The van der Waals surface area contributed by atoms with E-state index in [0.717, 1.165) is 23.0 Å². The van der Waals surface area contributed by atoms with Crippen LogP contribution in [0.3, 0.4) is 0 Å². The van der Waals surface area contributed by atoms with Gasteiger partial charge in [0.05, 0.1) is 0 Å². The molecule has 0 aliphatic carbocycles. The topological polar surface area (TPSA) is 92.4 Å². The molecule has 3 rings (SSSR count). The fourth-order valence-electron chi connectivity index (χ4n) is 2.88. The Balaban J connectivity index is 1.71. The highest BCUT2D eigenvalue weighted by Gasteiger charge is 2.17. The van der Waals surface area contributed by atoms with Crippen LogP contribution in [0.25, 0.3) is 11.1 Å². The molecule has 27 heavy (non-hydrogen) atoms. The average molecular weight is 364 g/mol. The summed E-state index contributed by atoms with van der Waals surface area (Å²) in [5.41, 5.74) is 3.14. The number of aromatic nitrogens is 1. The lowest BCUT2D eigenvalue weighted by Gasteiger charge is -2.16. The molecule has 0 bridgehead atoms. The lowest BCUT2D eigenvalue weighted by molar-refractivity contribution is -0.117. The summed E-state index contributed by atoms with van der Waals surface area (Å²) >= 11 is 0. The molecule has 3 aromatic rings. The summed E-state index contributed by atoms with van der Waals surface area (Å²) in [6.45, 7) is 1.52. The summed E-state index contributed by atoms with van der Waals surface area (Å²) in [6, 6.07) is 18.1. The maximum atomic E-state index is 11.6. The normalized spacial score (nSPS) is 11.7. The van der Waals surface area contributed by atoms with Crippen molar-refractivity contribution in [2.75, 3.05) is 5.32 Å². The number of benzene rings is 2. The van der Waals surface area contributed by atoms with Gasteiger partial charge in [0.2, 0.25) is 0 Å². The van der Waals surface area contributed by atoms with Gasteiger partial charge in [0.1, 0.15) is 12.0 Å². The number of anilines is 1. The van der Waals surface area contributed by atoms with Crippen molar-refractivity contribution in [3.05, 3.63) is 72.1 Å². The van der Waals surface area contributed by atoms with Crippen LogP contribution in [0.15, 0.2) is 65.3 Å². The Morgan fingerprint density at radius 1 is 1.07 bits per heavy atom. The molecule has 1 atom stereocenters. The Hall–Kier alpha value is -3.41. The van der Waals surface area contributed by atoms with Gasteiger partial charge in [-0.25, -0.2) is 4.79 Å². The fraction of sp³-hybridized carbons (Fsp3) is 0.190. The molecule has 0 spiro atoms. The highest BCUT2D eigenvalue weighted by Crippen LogP contribution is 2.21. The number of carboxylic acids is 1. The van der Waals surface area contributed by atoms with Crippen LogP contribution in [-0.4, -0.2) is 27.9 Å². The Labute approximate surface area is 156 Å². The minimum absolute atomic E-state index is 0.0263. The zero-order valence-electron chi connectivity index (χ0n) is 14.9. The zero-order chi connectivity index (χ0) is 19.2. The SMILES string of the molecule is CC(=O)C[C@@H](Cc1ccc(-c2ccccc2)cc1)Nc1nc(C(=O)O)co1. The number of carbonyl (C=O) groups excluding carboxylic acids is 1. The predicted octanol–water partition coefficient (Wildman–Crippen LogP) is 4.04. The average Bonchev–Trinajstić information content (AvgIpc) is 3.11. The van der Waals surface area contributed by atoms with E-state index in [1.165, 1.54) is 6.92 Å². The molecular weight excluding hydrogens is 344 g/mol. The molecular formula is C21H20N2O4. The summed E-state index contributed by atoms with van der Waals surface area (Å²) < 4.78 is 5.14. The van der Waals surface area contributed by atoms with Crippen molar-refractivity contribution in [1.29, 1.82) is 0 Å². The number of Topliss-reactive ketones (excluding diaryl/α,β-unsaturated/α-hetero) is 1. The minimum atomic E-state index is -1.16. The number of nitrogens with one attached hydrogen (secondary N) is 1. The van der Waals surface area contributed by atoms with Crippen LogP contribution >= 0.6 is 0 Å². The summed E-state index contributed by atoms with van der Waals surface area (Å²) in [5.74, 6) is -1.13. The zero-order valence-corrected chi connectivity index (χ0v) is 14.9. The van der Waals surface area contributed by atoms with Gasteiger partial charge in [-0.15, -0.1) is 0 Å². The number of carboxylic acid groups (broad SMARTS) is 1. The van der Waals surface area contributed by atoms with E-state index in [0.29, 0.717) is 6.42 Å². The minimum Gasteiger partial charge on any atom is -0.476 e. The highest BCUT2D eigenvalue weighted by atomic mass is 16.4. The van der Waals surface area contributed by atoms with Crippen molar-refractivity contribution in [2.24, 2.45) is 0 Å². The Morgan fingerprint density at radius 3 is 2.33 bits per heavy atom. The van der Waals surface area contributed by atoms with Crippen molar-refractivity contribution in [2.45, 2.75) is 25.8 Å². The van der Waals surface area contributed by atoms with E-state index in [9.17, 15) is 9.59 Å². The van der Waals surface area contributed by atoms with Crippen LogP contribution in [0.2, 0.25) is 0 Å². The summed E-state index contributed by atoms with van der Waals surface area (Å²) in [6.07, 6.45) is 1.94. The van der Waals surface area contributed by atoms with Crippen LogP contribution in [0.4, 0.5) is 6.01 Å². The number of ketones is 1. The first-order chi connectivity index (χ1) is 13.0. The van der Waals surface area contributed by atoms with E-state index in [1.807, 2.05) is 42.5 Å². The van der Waals surface area contributed by atoms with Crippen molar-refractivity contribution < 1.29 is 19.1 Å². The summed E-state index contributed by atoms with van der Waals surface area (Å²) in [7, 11) is 0. The number of hydrogen-bond donors (Lipinski definition) is 2. The lowest BCUT2D eigenvalue weighted by atomic mass is 9.98. The first kappa shape index (κ1) is 18.4. The van der Waals surface area contributed by atoms with Crippen LogP contribution in [0.5, 0.6) is 0 Å². The van der Waals surface area contributed by atoms with Gasteiger partial charge in [0.15, 0.2) is 5.69 Å². The number of oxazole rings is 1. The number of rotatable bonds is 8. The molecule has 2 aromatic carbocycles. The Bertz CT molecular complexity index is 917. The number of hydrogen-bond acceptors (Lipinski definition) is 5. The quantitative estimate of drug-likeness (QED) is 0.627. The third kappa shape index (κ3) is 5.04. The molecule has 1 heterocycles. The monoisotopic (exact) mass is 364 g/mol. The maximum Gasteiger partial charge on any atom is 0.357 e. The Morgan fingerprint density at radius 2 is 1.74 bits per heavy atom. The van der Waals surface area contributed by atoms with E-state index in [2.05, 4.69) is 22.4 Å². The summed E-state index contributed by atoms with van der Waals surface area (Å²) in [5, 5.41) is 11.9. The second kappa shape index (κ2) is 8.31.